The Balaban J connectivity index is 2.48. The van der Waals surface area contributed by atoms with Crippen molar-refractivity contribution in [2.45, 2.75) is 12.8 Å². The van der Waals surface area contributed by atoms with Crippen LogP contribution in [0.25, 0.3) is 0 Å². The van der Waals surface area contributed by atoms with Crippen molar-refractivity contribution in [2.75, 3.05) is 26.7 Å². The van der Waals surface area contributed by atoms with Crippen LogP contribution in [0.3, 0.4) is 0 Å². The van der Waals surface area contributed by atoms with Crippen LogP contribution in [-0.2, 0) is 11.2 Å². The van der Waals surface area contributed by atoms with Crippen molar-refractivity contribution in [2.24, 2.45) is 0 Å². The summed E-state index contributed by atoms with van der Waals surface area (Å²) >= 11 is 0. The topological polar surface area (TPSA) is 50.4 Å². The van der Waals surface area contributed by atoms with E-state index in [4.69, 9.17) is 4.74 Å². The Kier molecular flexibility index (Phi) is 7.35. The molecule has 104 valence electrons. The van der Waals surface area contributed by atoms with Crippen molar-refractivity contribution in [3.8, 4) is 0 Å². The third-order valence-corrected chi connectivity index (χ3v) is 2.75. The number of rotatable bonds is 9. The first-order valence-corrected chi connectivity index (χ1v) is 6.52. The van der Waals surface area contributed by atoms with Gasteiger partial charge in [-0.2, -0.15) is 0 Å². The van der Waals surface area contributed by atoms with Crippen LogP contribution in [-0.4, -0.2) is 32.7 Å². The van der Waals surface area contributed by atoms with Gasteiger partial charge < -0.3 is 15.4 Å². The van der Waals surface area contributed by atoms with E-state index in [1.165, 1.54) is 6.26 Å². The van der Waals surface area contributed by atoms with E-state index in [-0.39, 0.29) is 5.91 Å². The number of hydrogen-bond donors (Lipinski definition) is 2. The van der Waals surface area contributed by atoms with Crippen LogP contribution < -0.4 is 10.6 Å². The van der Waals surface area contributed by atoms with E-state index in [9.17, 15) is 4.79 Å². The molecule has 1 rings (SSSR count). The standard InChI is InChI=1S/C15H22N2O2/c1-3-19-12-6-10-17-15(18)14-8-5-4-7-13(14)9-11-16-2/h3-5,7-8,16H,1,6,9-12H2,2H3,(H,17,18). The monoisotopic (exact) mass is 262 g/mol. The lowest BCUT2D eigenvalue weighted by Crippen LogP contribution is -2.26. The maximum Gasteiger partial charge on any atom is 0.251 e. The van der Waals surface area contributed by atoms with E-state index in [2.05, 4.69) is 17.2 Å². The summed E-state index contributed by atoms with van der Waals surface area (Å²) in [6, 6.07) is 7.70. The van der Waals surface area contributed by atoms with Crippen LogP contribution in [0.15, 0.2) is 37.1 Å². The molecule has 4 nitrogen and oxygen atoms in total. The molecule has 0 aromatic heterocycles. The Morgan fingerprint density at radius 2 is 2.16 bits per heavy atom. The molecular formula is C15H22N2O2. The first kappa shape index (κ1) is 15.2. The summed E-state index contributed by atoms with van der Waals surface area (Å²) in [5, 5.41) is 5.99. The van der Waals surface area contributed by atoms with Crippen LogP contribution in [0.1, 0.15) is 22.3 Å². The van der Waals surface area contributed by atoms with Gasteiger partial charge in [0.2, 0.25) is 0 Å². The first-order chi connectivity index (χ1) is 9.29. The second-order valence-corrected chi connectivity index (χ2v) is 4.16. The Bertz CT molecular complexity index is 405. The third-order valence-electron chi connectivity index (χ3n) is 2.75. The molecule has 2 N–H and O–H groups in total. The normalized spacial score (nSPS) is 9.95. The van der Waals surface area contributed by atoms with E-state index in [1.807, 2.05) is 31.3 Å². The molecule has 4 heteroatoms. The number of amides is 1. The Morgan fingerprint density at radius 3 is 2.89 bits per heavy atom. The fraction of sp³-hybridized carbons (Fsp3) is 0.400. The maximum atomic E-state index is 12.1. The van der Waals surface area contributed by atoms with Crippen LogP contribution in [0.4, 0.5) is 0 Å². The minimum Gasteiger partial charge on any atom is -0.502 e. The predicted molar refractivity (Wildman–Crippen MR) is 77.2 cm³/mol. The van der Waals surface area contributed by atoms with Crippen molar-refractivity contribution in [1.82, 2.24) is 10.6 Å². The summed E-state index contributed by atoms with van der Waals surface area (Å²) in [7, 11) is 1.91. The molecule has 0 radical (unpaired) electrons. The van der Waals surface area contributed by atoms with Crippen LogP contribution in [0.5, 0.6) is 0 Å². The van der Waals surface area contributed by atoms with Crippen molar-refractivity contribution < 1.29 is 9.53 Å². The SMILES string of the molecule is C=COCCCNC(=O)c1ccccc1CCNC. The highest BCUT2D eigenvalue weighted by Gasteiger charge is 2.09. The zero-order valence-corrected chi connectivity index (χ0v) is 11.4. The molecule has 1 aromatic rings. The quantitative estimate of drug-likeness (QED) is 0.526. The van der Waals surface area contributed by atoms with Crippen molar-refractivity contribution in [1.29, 1.82) is 0 Å². The van der Waals surface area contributed by atoms with Gasteiger partial charge in [0, 0.05) is 12.1 Å². The Labute approximate surface area is 114 Å². The number of carbonyl (C=O) groups excluding carboxylic acids is 1. The van der Waals surface area contributed by atoms with Gasteiger partial charge in [-0.3, -0.25) is 4.79 Å². The molecule has 0 atom stereocenters. The lowest BCUT2D eigenvalue weighted by Gasteiger charge is -2.10. The number of likely N-dealkylation sites (N-methyl/N-ethyl adjacent to an activating group) is 1. The van der Waals surface area contributed by atoms with E-state index >= 15 is 0 Å². The molecule has 0 bridgehead atoms. The minimum atomic E-state index is -0.0229. The predicted octanol–water partition coefficient (Wildman–Crippen LogP) is 1.73. The smallest absolute Gasteiger partial charge is 0.251 e. The Morgan fingerprint density at radius 1 is 1.37 bits per heavy atom. The lowest BCUT2D eigenvalue weighted by molar-refractivity contribution is 0.0949. The van der Waals surface area contributed by atoms with E-state index in [0.717, 1.165) is 30.5 Å². The third kappa shape index (κ3) is 5.57. The lowest BCUT2D eigenvalue weighted by atomic mass is 10.0. The Hall–Kier alpha value is -1.81. The summed E-state index contributed by atoms with van der Waals surface area (Å²) in [4.78, 5) is 12.1. The molecule has 0 heterocycles. The summed E-state index contributed by atoms with van der Waals surface area (Å²) in [5.74, 6) is -0.0229. The van der Waals surface area contributed by atoms with Crippen LogP contribution in [0.2, 0.25) is 0 Å². The summed E-state index contributed by atoms with van der Waals surface area (Å²) in [6.45, 7) is 5.50. The van der Waals surface area contributed by atoms with Gasteiger partial charge in [-0.1, -0.05) is 24.8 Å². The maximum absolute atomic E-state index is 12.1. The van der Waals surface area contributed by atoms with E-state index in [1.54, 1.807) is 0 Å². The molecule has 0 spiro atoms. The molecule has 1 aromatic carbocycles. The molecule has 0 unspecified atom stereocenters. The van der Waals surface area contributed by atoms with Crippen molar-refractivity contribution >= 4 is 5.91 Å². The van der Waals surface area contributed by atoms with Gasteiger partial charge in [-0.15, -0.1) is 0 Å². The molecule has 0 aliphatic carbocycles. The first-order valence-electron chi connectivity index (χ1n) is 6.52. The molecule has 0 aliphatic heterocycles. The highest BCUT2D eigenvalue weighted by atomic mass is 16.5. The zero-order valence-electron chi connectivity index (χ0n) is 11.4. The van der Waals surface area contributed by atoms with Gasteiger partial charge in [-0.05, 0) is 38.1 Å². The van der Waals surface area contributed by atoms with Gasteiger partial charge in [-0.25, -0.2) is 0 Å². The van der Waals surface area contributed by atoms with E-state index in [0.29, 0.717) is 13.2 Å². The number of nitrogens with one attached hydrogen (secondary N) is 2. The molecular weight excluding hydrogens is 240 g/mol. The number of ether oxygens (including phenoxy) is 1. The number of benzene rings is 1. The minimum absolute atomic E-state index is 0.0229. The molecule has 19 heavy (non-hydrogen) atoms. The average Bonchev–Trinajstić information content (AvgIpc) is 2.45. The fourth-order valence-corrected chi connectivity index (χ4v) is 1.76. The average molecular weight is 262 g/mol. The van der Waals surface area contributed by atoms with Gasteiger partial charge in [0.05, 0.1) is 12.9 Å². The largest absolute Gasteiger partial charge is 0.502 e. The van der Waals surface area contributed by atoms with Gasteiger partial charge in [0.1, 0.15) is 0 Å². The van der Waals surface area contributed by atoms with Gasteiger partial charge in [0.25, 0.3) is 5.91 Å². The number of carbonyl (C=O) groups is 1. The van der Waals surface area contributed by atoms with E-state index < -0.39 is 0 Å². The highest BCUT2D eigenvalue weighted by molar-refractivity contribution is 5.95. The van der Waals surface area contributed by atoms with Crippen molar-refractivity contribution in [3.63, 3.8) is 0 Å². The molecule has 1 amide bonds. The number of hydrogen-bond acceptors (Lipinski definition) is 3. The summed E-state index contributed by atoms with van der Waals surface area (Å²) < 4.78 is 5.00. The zero-order chi connectivity index (χ0) is 13.9. The summed E-state index contributed by atoms with van der Waals surface area (Å²) in [6.07, 6.45) is 3.03. The molecule has 0 saturated heterocycles. The van der Waals surface area contributed by atoms with Crippen molar-refractivity contribution in [3.05, 3.63) is 48.2 Å². The molecule has 0 aliphatic rings. The van der Waals surface area contributed by atoms with Crippen LogP contribution >= 0.6 is 0 Å². The van der Waals surface area contributed by atoms with Gasteiger partial charge in [0.15, 0.2) is 0 Å². The fourth-order valence-electron chi connectivity index (χ4n) is 1.76. The van der Waals surface area contributed by atoms with Gasteiger partial charge >= 0.3 is 0 Å². The molecule has 0 saturated carbocycles. The van der Waals surface area contributed by atoms with Crippen LogP contribution in [0, 0.1) is 0 Å². The molecule has 0 fully saturated rings. The second-order valence-electron chi connectivity index (χ2n) is 4.16. The highest BCUT2D eigenvalue weighted by Crippen LogP contribution is 2.09. The summed E-state index contributed by atoms with van der Waals surface area (Å²) in [5.41, 5.74) is 1.82. The second kappa shape index (κ2) is 9.16.